The van der Waals surface area contributed by atoms with Crippen molar-refractivity contribution in [2.24, 2.45) is 23.5 Å². The Kier molecular flexibility index (Phi) is 4.48. The molecule has 2 atom stereocenters. The highest BCUT2D eigenvalue weighted by molar-refractivity contribution is 4.87. The Morgan fingerprint density at radius 3 is 2.24 bits per heavy atom. The molecule has 2 fully saturated rings. The highest BCUT2D eigenvalue weighted by Gasteiger charge is 2.31. The number of nitrogens with two attached hydrogens (primary N) is 1. The second-order valence-corrected chi connectivity index (χ2v) is 6.74. The third-order valence-electron chi connectivity index (χ3n) is 5.20. The van der Waals surface area contributed by atoms with E-state index in [1.807, 2.05) is 0 Å². The van der Waals surface area contributed by atoms with Crippen LogP contribution in [0.15, 0.2) is 0 Å². The van der Waals surface area contributed by atoms with Crippen molar-refractivity contribution >= 4 is 0 Å². The zero-order chi connectivity index (χ0) is 12.4. The minimum atomic E-state index is 0.443. The van der Waals surface area contributed by atoms with Crippen molar-refractivity contribution < 1.29 is 0 Å². The lowest BCUT2D eigenvalue weighted by atomic mass is 9.78. The predicted octanol–water partition coefficient (Wildman–Crippen LogP) is 2.87. The van der Waals surface area contributed by atoms with Gasteiger partial charge in [-0.1, -0.05) is 20.8 Å². The molecule has 0 radical (unpaired) electrons. The lowest BCUT2D eigenvalue weighted by Gasteiger charge is -2.43. The number of hydrogen-bond acceptors (Lipinski definition) is 2. The van der Waals surface area contributed by atoms with Crippen molar-refractivity contribution in [1.82, 2.24) is 4.90 Å². The molecule has 100 valence electrons. The molecule has 1 saturated heterocycles. The van der Waals surface area contributed by atoms with Crippen LogP contribution in [0.2, 0.25) is 0 Å². The number of rotatable bonds is 2. The Bertz CT molecular complexity index is 231. The standard InChI is InChI=1S/C15H30N2/c1-11(2)13-4-6-14(7-5-13)17-9-8-15(16)12(3)10-17/h11-15H,4-10,16H2,1-3H3. The quantitative estimate of drug-likeness (QED) is 0.801. The summed E-state index contributed by atoms with van der Waals surface area (Å²) in [5.41, 5.74) is 6.11. The summed E-state index contributed by atoms with van der Waals surface area (Å²) in [4.78, 5) is 2.73. The fraction of sp³-hybridized carbons (Fsp3) is 1.00. The SMILES string of the molecule is CC(C)C1CCC(N2CCC(N)C(C)C2)CC1. The largest absolute Gasteiger partial charge is 0.327 e. The summed E-state index contributed by atoms with van der Waals surface area (Å²) >= 11 is 0. The Morgan fingerprint density at radius 1 is 1.06 bits per heavy atom. The van der Waals surface area contributed by atoms with Crippen molar-refractivity contribution in [2.75, 3.05) is 13.1 Å². The fourth-order valence-corrected chi connectivity index (χ4v) is 3.66. The van der Waals surface area contributed by atoms with Crippen LogP contribution in [0.3, 0.4) is 0 Å². The first-order chi connectivity index (χ1) is 8.08. The van der Waals surface area contributed by atoms with Crippen LogP contribution >= 0.6 is 0 Å². The van der Waals surface area contributed by atoms with Gasteiger partial charge in [0.2, 0.25) is 0 Å². The molecule has 0 aromatic rings. The van der Waals surface area contributed by atoms with Crippen molar-refractivity contribution in [2.45, 2.75) is 65.0 Å². The third kappa shape index (κ3) is 3.23. The van der Waals surface area contributed by atoms with Gasteiger partial charge >= 0.3 is 0 Å². The summed E-state index contributed by atoms with van der Waals surface area (Å²) in [5, 5.41) is 0. The molecule has 2 heteroatoms. The van der Waals surface area contributed by atoms with E-state index < -0.39 is 0 Å². The van der Waals surface area contributed by atoms with Crippen LogP contribution in [0, 0.1) is 17.8 Å². The molecule has 17 heavy (non-hydrogen) atoms. The van der Waals surface area contributed by atoms with Gasteiger partial charge < -0.3 is 10.6 Å². The summed E-state index contributed by atoms with van der Waals surface area (Å²) < 4.78 is 0. The van der Waals surface area contributed by atoms with E-state index >= 15 is 0 Å². The van der Waals surface area contributed by atoms with Crippen LogP contribution in [0.1, 0.15) is 52.9 Å². The van der Waals surface area contributed by atoms with Gasteiger partial charge in [0.1, 0.15) is 0 Å². The maximum atomic E-state index is 6.11. The predicted molar refractivity (Wildman–Crippen MR) is 73.9 cm³/mol. The lowest BCUT2D eigenvalue weighted by Crippen LogP contribution is -2.50. The van der Waals surface area contributed by atoms with Crippen LogP contribution in [0.5, 0.6) is 0 Å². The number of nitrogens with zero attached hydrogens (tertiary/aromatic N) is 1. The van der Waals surface area contributed by atoms with E-state index in [2.05, 4.69) is 25.7 Å². The molecule has 2 N–H and O–H groups in total. The molecule has 1 aliphatic heterocycles. The van der Waals surface area contributed by atoms with E-state index in [1.165, 1.54) is 45.2 Å². The van der Waals surface area contributed by atoms with E-state index in [0.29, 0.717) is 12.0 Å². The highest BCUT2D eigenvalue weighted by Crippen LogP contribution is 2.33. The minimum Gasteiger partial charge on any atom is -0.327 e. The van der Waals surface area contributed by atoms with Crippen molar-refractivity contribution in [1.29, 1.82) is 0 Å². The van der Waals surface area contributed by atoms with Crippen LogP contribution in [-0.4, -0.2) is 30.1 Å². The number of piperidine rings is 1. The van der Waals surface area contributed by atoms with E-state index in [4.69, 9.17) is 5.73 Å². The van der Waals surface area contributed by atoms with E-state index in [0.717, 1.165) is 17.9 Å². The van der Waals surface area contributed by atoms with Crippen LogP contribution in [-0.2, 0) is 0 Å². The Balaban J connectivity index is 1.81. The topological polar surface area (TPSA) is 29.3 Å². The van der Waals surface area contributed by atoms with E-state index in [-0.39, 0.29) is 0 Å². The smallest absolute Gasteiger partial charge is 0.00956 e. The summed E-state index contributed by atoms with van der Waals surface area (Å²) in [7, 11) is 0. The van der Waals surface area contributed by atoms with E-state index in [1.54, 1.807) is 0 Å². The average molecular weight is 238 g/mol. The molecule has 0 amide bonds. The van der Waals surface area contributed by atoms with E-state index in [9.17, 15) is 0 Å². The number of likely N-dealkylation sites (tertiary alicyclic amines) is 1. The van der Waals surface area contributed by atoms with Crippen molar-refractivity contribution in [3.05, 3.63) is 0 Å². The molecule has 2 nitrogen and oxygen atoms in total. The van der Waals surface area contributed by atoms with Crippen molar-refractivity contribution in [3.8, 4) is 0 Å². The van der Waals surface area contributed by atoms with Gasteiger partial charge in [0.25, 0.3) is 0 Å². The van der Waals surface area contributed by atoms with Gasteiger partial charge in [-0.05, 0) is 56.4 Å². The summed E-state index contributed by atoms with van der Waals surface area (Å²) in [6.07, 6.45) is 6.93. The molecule has 0 aromatic heterocycles. The summed E-state index contributed by atoms with van der Waals surface area (Å²) in [5.74, 6) is 2.55. The maximum Gasteiger partial charge on any atom is 0.00956 e. The second kappa shape index (κ2) is 5.71. The average Bonchev–Trinajstić information content (AvgIpc) is 2.33. The van der Waals surface area contributed by atoms with Gasteiger partial charge in [-0.15, -0.1) is 0 Å². The lowest BCUT2D eigenvalue weighted by molar-refractivity contribution is 0.0758. The van der Waals surface area contributed by atoms with Gasteiger partial charge in [0.15, 0.2) is 0 Å². The second-order valence-electron chi connectivity index (χ2n) is 6.74. The molecule has 1 aliphatic carbocycles. The van der Waals surface area contributed by atoms with Crippen LogP contribution < -0.4 is 5.73 Å². The zero-order valence-corrected chi connectivity index (χ0v) is 11.9. The Hall–Kier alpha value is -0.0800. The van der Waals surface area contributed by atoms with Gasteiger partial charge in [-0.2, -0.15) is 0 Å². The summed E-state index contributed by atoms with van der Waals surface area (Å²) in [6.45, 7) is 9.55. The Labute approximate surface area is 107 Å². The van der Waals surface area contributed by atoms with Gasteiger partial charge in [0, 0.05) is 18.6 Å². The van der Waals surface area contributed by atoms with Gasteiger partial charge in [-0.3, -0.25) is 0 Å². The number of hydrogen-bond donors (Lipinski definition) is 1. The third-order valence-corrected chi connectivity index (χ3v) is 5.20. The molecule has 0 aromatic carbocycles. The van der Waals surface area contributed by atoms with Crippen LogP contribution in [0.4, 0.5) is 0 Å². The molecule has 2 unspecified atom stereocenters. The monoisotopic (exact) mass is 238 g/mol. The van der Waals surface area contributed by atoms with Crippen LogP contribution in [0.25, 0.3) is 0 Å². The molecule has 1 saturated carbocycles. The Morgan fingerprint density at radius 2 is 1.71 bits per heavy atom. The molecular weight excluding hydrogens is 208 g/mol. The highest BCUT2D eigenvalue weighted by atomic mass is 15.2. The first-order valence-corrected chi connectivity index (χ1v) is 7.57. The molecule has 2 aliphatic rings. The van der Waals surface area contributed by atoms with Crippen molar-refractivity contribution in [3.63, 3.8) is 0 Å². The maximum absolute atomic E-state index is 6.11. The first-order valence-electron chi connectivity index (χ1n) is 7.57. The van der Waals surface area contributed by atoms with Gasteiger partial charge in [0.05, 0.1) is 0 Å². The molecule has 0 spiro atoms. The summed E-state index contributed by atoms with van der Waals surface area (Å²) in [6, 6.07) is 1.30. The molecule has 0 bridgehead atoms. The minimum absolute atomic E-state index is 0.443. The normalized spacial score (nSPS) is 40.8. The zero-order valence-electron chi connectivity index (χ0n) is 11.9. The van der Waals surface area contributed by atoms with Gasteiger partial charge in [-0.25, -0.2) is 0 Å². The first kappa shape index (κ1) is 13.4. The molecule has 1 heterocycles. The fourth-order valence-electron chi connectivity index (χ4n) is 3.66. The molecular formula is C15H30N2. The molecule has 2 rings (SSSR count).